The molecule has 4 rings (SSSR count). The van der Waals surface area contributed by atoms with Crippen LogP contribution in [0.4, 0.5) is 9.59 Å². The summed E-state index contributed by atoms with van der Waals surface area (Å²) >= 11 is 0. The van der Waals surface area contributed by atoms with E-state index >= 15 is 0 Å². The number of rotatable bonds is 11. The molecule has 0 aliphatic heterocycles. The Labute approximate surface area is 264 Å². The van der Waals surface area contributed by atoms with Crippen LogP contribution in [0.5, 0.6) is 0 Å². The first-order chi connectivity index (χ1) is 21.7. The third kappa shape index (κ3) is 11.6. The molecule has 1 saturated carbocycles. The lowest BCUT2D eigenvalue weighted by atomic mass is 9.81. The van der Waals surface area contributed by atoms with Crippen LogP contribution < -0.4 is 10.6 Å². The van der Waals surface area contributed by atoms with Crippen molar-refractivity contribution >= 4 is 18.1 Å². The number of guanidine groups is 1. The highest BCUT2D eigenvalue weighted by molar-refractivity contribution is 6.01. The molecule has 2 amide bonds. The summed E-state index contributed by atoms with van der Waals surface area (Å²) in [6, 6.07) is 29.1. The molecule has 0 radical (unpaired) electrons. The van der Waals surface area contributed by atoms with E-state index in [1.807, 2.05) is 91.0 Å². The molecule has 0 unspecified atom stereocenters. The molecular weight excluding hydrogens is 574 g/mol. The zero-order chi connectivity index (χ0) is 32.1. The van der Waals surface area contributed by atoms with Gasteiger partial charge in [0.15, 0.2) is 0 Å². The SMILES string of the molecule is CC(C)(C)OC(=O)NC(=N[C@H]1CC[C@H](COCc2ccccc2)[C@H](OCc2ccccc2)[C@@H]1OCc1ccccc1)NC(=O)O. The van der Waals surface area contributed by atoms with E-state index in [9.17, 15) is 14.7 Å². The van der Waals surface area contributed by atoms with Crippen LogP contribution in [-0.2, 0) is 38.8 Å². The van der Waals surface area contributed by atoms with Gasteiger partial charge < -0.3 is 24.1 Å². The maximum Gasteiger partial charge on any atom is 0.414 e. The van der Waals surface area contributed by atoms with Gasteiger partial charge in [-0.25, -0.2) is 14.6 Å². The molecule has 10 heteroatoms. The number of carbonyl (C=O) groups excluding carboxylic acids is 1. The molecule has 1 fully saturated rings. The Kier molecular flexibility index (Phi) is 12.5. The zero-order valence-electron chi connectivity index (χ0n) is 26.1. The first-order valence-corrected chi connectivity index (χ1v) is 15.2. The molecule has 240 valence electrons. The maximum atomic E-state index is 12.6. The van der Waals surface area contributed by atoms with Gasteiger partial charge in [-0.15, -0.1) is 0 Å². The molecule has 1 aliphatic rings. The molecule has 0 aromatic heterocycles. The van der Waals surface area contributed by atoms with Crippen molar-refractivity contribution in [2.45, 2.75) is 77.3 Å². The van der Waals surface area contributed by atoms with E-state index in [1.165, 1.54) is 0 Å². The minimum Gasteiger partial charge on any atom is -0.465 e. The predicted octanol–water partition coefficient (Wildman–Crippen LogP) is 6.30. The standard InChI is InChI=1S/C35H43N3O7/c1-35(2,3)45-34(41)38-32(37-33(39)40)36-29-20-19-28(24-42-21-25-13-7-4-8-14-25)30(43-22-26-15-9-5-10-16-26)31(29)44-23-27-17-11-6-12-18-27/h4-18,28-31H,19-24H2,1-3H3,(H,39,40)(H2,36,37,38,41)/t28-,29+,30+,31-/m1/s1. The summed E-state index contributed by atoms with van der Waals surface area (Å²) in [6.07, 6.45) is -1.99. The summed E-state index contributed by atoms with van der Waals surface area (Å²) < 4.78 is 24.7. The number of carbonyl (C=O) groups is 2. The van der Waals surface area contributed by atoms with Crippen molar-refractivity contribution < 1.29 is 33.6 Å². The second kappa shape index (κ2) is 16.7. The highest BCUT2D eigenvalue weighted by Crippen LogP contribution is 2.33. The average molecular weight is 618 g/mol. The monoisotopic (exact) mass is 617 g/mol. The van der Waals surface area contributed by atoms with Gasteiger partial charge in [-0.1, -0.05) is 91.0 Å². The van der Waals surface area contributed by atoms with Crippen molar-refractivity contribution in [3.05, 3.63) is 108 Å². The van der Waals surface area contributed by atoms with E-state index in [4.69, 9.17) is 18.9 Å². The van der Waals surface area contributed by atoms with Crippen LogP contribution >= 0.6 is 0 Å². The smallest absolute Gasteiger partial charge is 0.414 e. The van der Waals surface area contributed by atoms with E-state index in [0.29, 0.717) is 39.3 Å². The van der Waals surface area contributed by atoms with Gasteiger partial charge >= 0.3 is 12.2 Å². The van der Waals surface area contributed by atoms with E-state index in [1.54, 1.807) is 20.8 Å². The molecule has 3 N–H and O–H groups in total. The predicted molar refractivity (Wildman–Crippen MR) is 171 cm³/mol. The Balaban J connectivity index is 1.61. The molecule has 4 atom stereocenters. The van der Waals surface area contributed by atoms with Crippen molar-refractivity contribution in [3.63, 3.8) is 0 Å². The van der Waals surface area contributed by atoms with Gasteiger partial charge in [0.1, 0.15) is 11.7 Å². The largest absolute Gasteiger partial charge is 0.465 e. The Morgan fingerprint density at radius 3 is 1.78 bits per heavy atom. The van der Waals surface area contributed by atoms with Crippen molar-refractivity contribution in [2.75, 3.05) is 6.61 Å². The number of hydrogen-bond donors (Lipinski definition) is 3. The number of aliphatic imine (C=N–C) groups is 1. The first-order valence-electron chi connectivity index (χ1n) is 15.2. The average Bonchev–Trinajstić information content (AvgIpc) is 3.00. The number of nitrogens with zero attached hydrogens (tertiary/aromatic N) is 1. The van der Waals surface area contributed by atoms with Crippen molar-refractivity contribution in [3.8, 4) is 0 Å². The summed E-state index contributed by atoms with van der Waals surface area (Å²) in [4.78, 5) is 28.9. The van der Waals surface area contributed by atoms with Gasteiger partial charge in [0.2, 0.25) is 5.96 Å². The minimum absolute atomic E-state index is 0.0284. The number of amides is 2. The Morgan fingerprint density at radius 2 is 1.27 bits per heavy atom. The molecule has 0 heterocycles. The minimum atomic E-state index is -1.37. The van der Waals surface area contributed by atoms with Crippen LogP contribution in [-0.4, -0.2) is 53.7 Å². The third-order valence-corrected chi connectivity index (χ3v) is 7.15. The van der Waals surface area contributed by atoms with Crippen LogP contribution in [0.2, 0.25) is 0 Å². The van der Waals surface area contributed by atoms with Crippen LogP contribution in [0.15, 0.2) is 96.0 Å². The highest BCUT2D eigenvalue weighted by atomic mass is 16.6. The van der Waals surface area contributed by atoms with Crippen LogP contribution in [0, 0.1) is 5.92 Å². The fraction of sp³-hybridized carbons (Fsp3) is 0.400. The lowest BCUT2D eigenvalue weighted by molar-refractivity contribution is -0.146. The lowest BCUT2D eigenvalue weighted by Gasteiger charge is -2.41. The van der Waals surface area contributed by atoms with Crippen LogP contribution in [0.25, 0.3) is 0 Å². The normalized spacial score (nSPS) is 20.3. The van der Waals surface area contributed by atoms with Crippen molar-refractivity contribution in [2.24, 2.45) is 10.9 Å². The summed E-state index contributed by atoms with van der Waals surface area (Å²) in [7, 11) is 0. The molecule has 0 saturated heterocycles. The first kappa shape index (κ1) is 33.6. The molecule has 10 nitrogen and oxygen atoms in total. The molecule has 45 heavy (non-hydrogen) atoms. The molecule has 1 aliphatic carbocycles. The van der Waals surface area contributed by atoms with Gasteiger partial charge in [0.05, 0.1) is 38.6 Å². The number of ether oxygens (including phenoxy) is 4. The van der Waals surface area contributed by atoms with Crippen LogP contribution in [0.3, 0.4) is 0 Å². The number of hydrogen-bond acceptors (Lipinski definition) is 7. The second-order valence-electron chi connectivity index (χ2n) is 12.0. The van der Waals surface area contributed by atoms with Gasteiger partial charge in [-0.3, -0.25) is 10.6 Å². The van der Waals surface area contributed by atoms with Crippen molar-refractivity contribution in [1.29, 1.82) is 0 Å². The number of benzene rings is 3. The third-order valence-electron chi connectivity index (χ3n) is 7.15. The molecule has 0 bridgehead atoms. The fourth-order valence-electron chi connectivity index (χ4n) is 5.15. The van der Waals surface area contributed by atoms with Crippen molar-refractivity contribution in [1.82, 2.24) is 10.6 Å². The van der Waals surface area contributed by atoms with Crippen LogP contribution in [0.1, 0.15) is 50.3 Å². The van der Waals surface area contributed by atoms with E-state index in [-0.39, 0.29) is 11.9 Å². The Morgan fingerprint density at radius 1 is 0.756 bits per heavy atom. The Bertz CT molecular complexity index is 1360. The number of carboxylic acid groups (broad SMARTS) is 1. The van der Waals surface area contributed by atoms with Gasteiger partial charge in [0, 0.05) is 5.92 Å². The quantitative estimate of drug-likeness (QED) is 0.170. The molecule has 3 aromatic rings. The second-order valence-corrected chi connectivity index (χ2v) is 12.0. The maximum absolute atomic E-state index is 12.6. The van der Waals surface area contributed by atoms with Gasteiger partial charge in [0.25, 0.3) is 0 Å². The number of alkyl carbamates (subject to hydrolysis) is 1. The lowest BCUT2D eigenvalue weighted by Crippen LogP contribution is -2.52. The van der Waals surface area contributed by atoms with E-state index in [0.717, 1.165) is 16.7 Å². The summed E-state index contributed by atoms with van der Waals surface area (Å²) in [6.45, 7) is 6.70. The fourth-order valence-corrected chi connectivity index (χ4v) is 5.15. The molecule has 3 aromatic carbocycles. The zero-order valence-corrected chi connectivity index (χ0v) is 26.1. The van der Waals surface area contributed by atoms with Gasteiger partial charge in [-0.2, -0.15) is 0 Å². The molecular formula is C35H43N3O7. The summed E-state index contributed by atoms with van der Waals surface area (Å²) in [5.41, 5.74) is 2.27. The van der Waals surface area contributed by atoms with Gasteiger partial charge in [-0.05, 0) is 50.3 Å². The number of nitrogens with one attached hydrogen (secondary N) is 2. The van der Waals surface area contributed by atoms with E-state index in [2.05, 4.69) is 15.6 Å². The summed E-state index contributed by atoms with van der Waals surface area (Å²) in [5, 5.41) is 14.2. The topological polar surface area (TPSA) is 128 Å². The van der Waals surface area contributed by atoms with E-state index < -0.39 is 36.0 Å². The Hall–Kier alpha value is -4.25. The highest BCUT2D eigenvalue weighted by Gasteiger charge is 2.42. The molecule has 0 spiro atoms. The summed E-state index contributed by atoms with van der Waals surface area (Å²) in [5.74, 6) is -0.269.